The molecule has 1 N–H and O–H groups in total. The first-order chi connectivity index (χ1) is 14.2. The molecule has 0 radical (unpaired) electrons. The number of aromatic nitrogens is 7. The minimum absolute atomic E-state index is 0. The van der Waals surface area contributed by atoms with Crippen molar-refractivity contribution in [3.8, 4) is 17.2 Å². The van der Waals surface area contributed by atoms with Crippen LogP contribution in [0.2, 0.25) is 0 Å². The van der Waals surface area contributed by atoms with Crippen LogP contribution in [0, 0.1) is 13.8 Å². The lowest BCUT2D eigenvalue weighted by Gasteiger charge is -2.34. The van der Waals surface area contributed by atoms with Gasteiger partial charge in [0, 0.05) is 29.8 Å². The van der Waals surface area contributed by atoms with Gasteiger partial charge in [0.2, 0.25) is 5.82 Å². The first-order valence-corrected chi connectivity index (χ1v) is 9.71. The smallest absolute Gasteiger partial charge is 0.255 e. The molecule has 0 bridgehead atoms. The molecular formula is C20H23ClN8O. The number of aryl methyl sites for hydroxylation is 2. The average Bonchev–Trinajstić information content (AvgIpc) is 3.50. The maximum absolute atomic E-state index is 5.73. The Labute approximate surface area is 179 Å². The van der Waals surface area contributed by atoms with Crippen molar-refractivity contribution < 1.29 is 4.52 Å². The monoisotopic (exact) mass is 426 g/mol. The lowest BCUT2D eigenvalue weighted by atomic mass is 9.88. The Morgan fingerprint density at radius 2 is 2.00 bits per heavy atom. The highest BCUT2D eigenvalue weighted by atomic mass is 35.5. The topological polar surface area (TPSA) is 99.5 Å². The Balaban J connectivity index is 0.00000218. The van der Waals surface area contributed by atoms with E-state index in [1.54, 1.807) is 12.4 Å². The molecule has 0 amide bonds. The van der Waals surface area contributed by atoms with E-state index in [1.165, 1.54) is 0 Å². The van der Waals surface area contributed by atoms with Gasteiger partial charge in [0.05, 0.1) is 5.69 Å². The Morgan fingerprint density at radius 1 is 1.17 bits per heavy atom. The third kappa shape index (κ3) is 3.40. The second kappa shape index (κ2) is 8.00. The standard InChI is InChI=1S/C20H22N8O.ClH/c1-14-12-15(2)28(25-14)17-5-4-16(13-22-17)18-24-19(29-26-18)20(6-9-21-10-7-20)27-11-3-8-23-27;/h3-5,8,11-13,21H,6-7,9-10H2,1-2H3;1H. The average molecular weight is 427 g/mol. The molecule has 30 heavy (non-hydrogen) atoms. The van der Waals surface area contributed by atoms with Gasteiger partial charge in [-0.3, -0.25) is 4.68 Å². The lowest BCUT2D eigenvalue weighted by molar-refractivity contribution is 0.172. The van der Waals surface area contributed by atoms with Gasteiger partial charge in [-0.05, 0) is 64.0 Å². The van der Waals surface area contributed by atoms with E-state index in [9.17, 15) is 0 Å². The van der Waals surface area contributed by atoms with Crippen LogP contribution in [0.3, 0.4) is 0 Å². The fraction of sp³-hybridized carbons (Fsp3) is 0.350. The van der Waals surface area contributed by atoms with Crippen LogP contribution in [0.1, 0.15) is 30.1 Å². The van der Waals surface area contributed by atoms with E-state index in [-0.39, 0.29) is 12.4 Å². The number of halogens is 1. The van der Waals surface area contributed by atoms with Crippen molar-refractivity contribution in [1.82, 2.24) is 40.0 Å². The molecule has 4 aromatic rings. The lowest BCUT2D eigenvalue weighted by Crippen LogP contribution is -2.45. The maximum Gasteiger partial charge on any atom is 0.255 e. The summed E-state index contributed by atoms with van der Waals surface area (Å²) in [4.78, 5) is 9.27. The van der Waals surface area contributed by atoms with Crippen LogP contribution >= 0.6 is 12.4 Å². The zero-order chi connectivity index (χ0) is 19.8. The molecule has 1 saturated heterocycles. The Bertz CT molecular complexity index is 1110. The molecule has 5 rings (SSSR count). The van der Waals surface area contributed by atoms with Gasteiger partial charge in [-0.1, -0.05) is 5.16 Å². The summed E-state index contributed by atoms with van der Waals surface area (Å²) in [5.74, 6) is 1.87. The number of hydrogen-bond acceptors (Lipinski definition) is 7. The van der Waals surface area contributed by atoms with Crippen molar-refractivity contribution in [3.63, 3.8) is 0 Å². The second-order valence-corrected chi connectivity index (χ2v) is 7.40. The predicted octanol–water partition coefficient (Wildman–Crippen LogP) is 2.68. The number of hydrogen-bond donors (Lipinski definition) is 1. The number of nitrogens with zero attached hydrogens (tertiary/aromatic N) is 7. The van der Waals surface area contributed by atoms with E-state index in [2.05, 4.69) is 25.7 Å². The number of rotatable bonds is 4. The zero-order valence-electron chi connectivity index (χ0n) is 16.8. The van der Waals surface area contributed by atoms with Crippen LogP contribution in [-0.4, -0.2) is 47.8 Å². The fourth-order valence-electron chi connectivity index (χ4n) is 3.94. The summed E-state index contributed by atoms with van der Waals surface area (Å²) in [7, 11) is 0. The van der Waals surface area contributed by atoms with E-state index in [0.29, 0.717) is 11.7 Å². The number of nitrogens with one attached hydrogen (secondary N) is 1. The van der Waals surface area contributed by atoms with Crippen LogP contribution < -0.4 is 5.32 Å². The van der Waals surface area contributed by atoms with Gasteiger partial charge in [0.1, 0.15) is 5.54 Å². The Hall–Kier alpha value is -3.04. The first-order valence-electron chi connectivity index (χ1n) is 9.71. The summed E-state index contributed by atoms with van der Waals surface area (Å²) in [5, 5.41) is 16.6. The quantitative estimate of drug-likeness (QED) is 0.535. The molecule has 0 unspecified atom stereocenters. The van der Waals surface area contributed by atoms with Gasteiger partial charge in [-0.15, -0.1) is 12.4 Å². The van der Waals surface area contributed by atoms with Gasteiger partial charge < -0.3 is 9.84 Å². The molecule has 156 valence electrons. The predicted molar refractivity (Wildman–Crippen MR) is 113 cm³/mol. The summed E-state index contributed by atoms with van der Waals surface area (Å²) >= 11 is 0. The van der Waals surface area contributed by atoms with Crippen LogP contribution in [0.5, 0.6) is 0 Å². The summed E-state index contributed by atoms with van der Waals surface area (Å²) < 4.78 is 9.49. The normalized spacial score (nSPS) is 15.7. The zero-order valence-corrected chi connectivity index (χ0v) is 17.6. The third-order valence-electron chi connectivity index (χ3n) is 5.43. The SMILES string of the molecule is Cc1cc(C)n(-c2ccc(-c3noc(C4(n5cccn5)CCNCC4)n3)cn2)n1.Cl. The van der Waals surface area contributed by atoms with Crippen molar-refractivity contribution in [1.29, 1.82) is 0 Å². The molecule has 0 saturated carbocycles. The molecule has 0 aliphatic carbocycles. The largest absolute Gasteiger partial charge is 0.336 e. The van der Waals surface area contributed by atoms with E-state index >= 15 is 0 Å². The molecule has 1 aliphatic heterocycles. The first kappa shape index (κ1) is 20.2. The summed E-state index contributed by atoms with van der Waals surface area (Å²) in [6, 6.07) is 7.80. The highest BCUT2D eigenvalue weighted by Gasteiger charge is 2.41. The molecule has 4 aromatic heterocycles. The third-order valence-corrected chi connectivity index (χ3v) is 5.43. The van der Waals surface area contributed by atoms with Gasteiger partial charge in [0.25, 0.3) is 5.89 Å². The minimum atomic E-state index is -0.420. The molecule has 10 heteroatoms. The molecule has 0 aromatic carbocycles. The van der Waals surface area contributed by atoms with Gasteiger partial charge in [-0.2, -0.15) is 15.2 Å². The Kier molecular flexibility index (Phi) is 5.40. The molecule has 1 fully saturated rings. The summed E-state index contributed by atoms with van der Waals surface area (Å²) in [6.07, 6.45) is 7.17. The maximum atomic E-state index is 5.73. The highest BCUT2D eigenvalue weighted by molar-refractivity contribution is 5.85. The van der Waals surface area contributed by atoms with Gasteiger partial charge in [-0.25, -0.2) is 9.67 Å². The Morgan fingerprint density at radius 3 is 2.63 bits per heavy atom. The molecule has 0 spiro atoms. The second-order valence-electron chi connectivity index (χ2n) is 7.40. The van der Waals surface area contributed by atoms with E-state index in [0.717, 1.165) is 48.7 Å². The van der Waals surface area contributed by atoms with Gasteiger partial charge >= 0.3 is 0 Å². The summed E-state index contributed by atoms with van der Waals surface area (Å²) in [5.41, 5.74) is 2.38. The number of piperidine rings is 1. The minimum Gasteiger partial charge on any atom is -0.336 e. The molecule has 1 aliphatic rings. The van der Waals surface area contributed by atoms with E-state index in [4.69, 9.17) is 9.51 Å². The van der Waals surface area contributed by atoms with Crippen LogP contribution in [0.4, 0.5) is 0 Å². The van der Waals surface area contributed by atoms with Crippen molar-refractivity contribution in [2.45, 2.75) is 32.2 Å². The van der Waals surface area contributed by atoms with Crippen molar-refractivity contribution in [3.05, 3.63) is 60.1 Å². The molecule has 5 heterocycles. The molecule has 0 atom stereocenters. The van der Waals surface area contributed by atoms with Crippen molar-refractivity contribution >= 4 is 12.4 Å². The van der Waals surface area contributed by atoms with Gasteiger partial charge in [0.15, 0.2) is 5.82 Å². The fourth-order valence-corrected chi connectivity index (χ4v) is 3.94. The van der Waals surface area contributed by atoms with Crippen LogP contribution in [0.15, 0.2) is 47.4 Å². The van der Waals surface area contributed by atoms with E-state index < -0.39 is 5.54 Å². The molecular weight excluding hydrogens is 404 g/mol. The highest BCUT2D eigenvalue weighted by Crippen LogP contribution is 2.34. The number of pyridine rings is 1. The molecule has 9 nitrogen and oxygen atoms in total. The van der Waals surface area contributed by atoms with Crippen LogP contribution in [-0.2, 0) is 5.54 Å². The van der Waals surface area contributed by atoms with Crippen molar-refractivity contribution in [2.24, 2.45) is 0 Å². The van der Waals surface area contributed by atoms with Crippen molar-refractivity contribution in [2.75, 3.05) is 13.1 Å². The van der Waals surface area contributed by atoms with E-state index in [1.807, 2.05) is 53.7 Å². The van der Waals surface area contributed by atoms with Crippen LogP contribution in [0.25, 0.3) is 17.2 Å². The summed E-state index contributed by atoms with van der Waals surface area (Å²) in [6.45, 7) is 5.72.